The lowest BCUT2D eigenvalue weighted by Crippen LogP contribution is -2.42. The zero-order valence-corrected chi connectivity index (χ0v) is 8.89. The molecule has 3 nitrogen and oxygen atoms in total. The Morgan fingerprint density at radius 1 is 1.50 bits per heavy atom. The van der Waals surface area contributed by atoms with Crippen molar-refractivity contribution >= 4 is 5.91 Å². The maximum atomic E-state index is 11.8. The van der Waals surface area contributed by atoms with Gasteiger partial charge in [0.15, 0.2) is 0 Å². The number of hydrogen-bond donors (Lipinski definition) is 1. The van der Waals surface area contributed by atoms with Gasteiger partial charge in [-0.3, -0.25) is 4.79 Å². The Labute approximate surface area is 92.3 Å². The molecule has 0 radical (unpaired) electrons. The number of alkyl halides is 3. The summed E-state index contributed by atoms with van der Waals surface area (Å²) in [5.41, 5.74) is 0. The van der Waals surface area contributed by atoms with Gasteiger partial charge >= 0.3 is 6.18 Å². The van der Waals surface area contributed by atoms with Crippen LogP contribution in [-0.2, 0) is 4.79 Å². The molecule has 1 N–H and O–H groups in total. The maximum Gasteiger partial charge on any atom is 0.401 e. The van der Waals surface area contributed by atoms with E-state index in [4.69, 9.17) is 0 Å². The van der Waals surface area contributed by atoms with Gasteiger partial charge < -0.3 is 10.2 Å². The Kier molecular flexibility index (Phi) is 4.35. The average molecular weight is 236 g/mol. The Bertz CT molecular complexity index is 261. The van der Waals surface area contributed by atoms with Gasteiger partial charge in [-0.25, -0.2) is 0 Å². The number of hydrogen-bond acceptors (Lipinski definition) is 2. The van der Waals surface area contributed by atoms with Gasteiger partial charge in [0.05, 0.1) is 13.1 Å². The lowest BCUT2D eigenvalue weighted by atomic mass is 10.4. The zero-order chi connectivity index (χ0) is 12.2. The summed E-state index contributed by atoms with van der Waals surface area (Å²) in [5, 5.41) is 2.10. The van der Waals surface area contributed by atoms with Crippen LogP contribution in [0.25, 0.3) is 0 Å². The number of nitrogens with one attached hydrogen (secondary N) is 1. The molecule has 1 saturated carbocycles. The SMILES string of the molecule is C=CCN(C(=O)CNCC(F)(F)F)C1CC1. The number of amides is 1. The first-order valence-electron chi connectivity index (χ1n) is 5.12. The molecule has 6 heteroatoms. The summed E-state index contributed by atoms with van der Waals surface area (Å²) < 4.78 is 35.5. The third-order valence-corrected chi connectivity index (χ3v) is 2.24. The van der Waals surface area contributed by atoms with Gasteiger partial charge in [0.25, 0.3) is 0 Å². The molecular formula is C10H15F3N2O. The fourth-order valence-corrected chi connectivity index (χ4v) is 1.39. The highest BCUT2D eigenvalue weighted by molar-refractivity contribution is 5.79. The summed E-state index contributed by atoms with van der Waals surface area (Å²) in [5.74, 6) is -0.299. The fraction of sp³-hybridized carbons (Fsp3) is 0.700. The normalized spacial score (nSPS) is 15.9. The molecule has 1 rings (SSSR count). The van der Waals surface area contributed by atoms with Crippen LogP contribution in [-0.4, -0.2) is 42.7 Å². The first kappa shape index (κ1) is 13.0. The molecule has 0 saturated heterocycles. The Balaban J connectivity index is 2.29. The van der Waals surface area contributed by atoms with Gasteiger partial charge in [-0.2, -0.15) is 13.2 Å². The van der Waals surface area contributed by atoms with E-state index in [9.17, 15) is 18.0 Å². The third kappa shape index (κ3) is 4.65. The van der Waals surface area contributed by atoms with Crippen LogP contribution in [0, 0.1) is 0 Å². The minimum atomic E-state index is -4.27. The third-order valence-electron chi connectivity index (χ3n) is 2.24. The van der Waals surface area contributed by atoms with Gasteiger partial charge in [0.1, 0.15) is 0 Å². The lowest BCUT2D eigenvalue weighted by molar-refractivity contribution is -0.134. The van der Waals surface area contributed by atoms with Crippen molar-refractivity contribution in [2.45, 2.75) is 25.1 Å². The van der Waals surface area contributed by atoms with Crippen molar-refractivity contribution < 1.29 is 18.0 Å². The highest BCUT2D eigenvalue weighted by Crippen LogP contribution is 2.26. The molecule has 0 unspecified atom stereocenters. The molecule has 0 aliphatic heterocycles. The van der Waals surface area contributed by atoms with Crippen molar-refractivity contribution in [2.24, 2.45) is 0 Å². The van der Waals surface area contributed by atoms with E-state index in [0.29, 0.717) is 6.54 Å². The standard InChI is InChI=1S/C10H15F3N2O/c1-2-5-15(8-3-4-8)9(16)6-14-7-10(11,12)13/h2,8,14H,1,3-7H2. The van der Waals surface area contributed by atoms with Crippen LogP contribution in [0.3, 0.4) is 0 Å². The number of halogens is 3. The van der Waals surface area contributed by atoms with Crippen molar-refractivity contribution in [3.63, 3.8) is 0 Å². The lowest BCUT2D eigenvalue weighted by Gasteiger charge is -2.21. The van der Waals surface area contributed by atoms with Crippen LogP contribution in [0.5, 0.6) is 0 Å². The summed E-state index contributed by atoms with van der Waals surface area (Å²) in [6.45, 7) is 2.51. The fourth-order valence-electron chi connectivity index (χ4n) is 1.39. The van der Waals surface area contributed by atoms with E-state index >= 15 is 0 Å². The molecule has 0 bridgehead atoms. The summed E-state index contributed by atoms with van der Waals surface area (Å²) >= 11 is 0. The topological polar surface area (TPSA) is 32.3 Å². The Morgan fingerprint density at radius 2 is 2.12 bits per heavy atom. The predicted molar refractivity (Wildman–Crippen MR) is 53.9 cm³/mol. The number of carbonyl (C=O) groups is 1. The van der Waals surface area contributed by atoms with Gasteiger partial charge in [-0.1, -0.05) is 6.08 Å². The van der Waals surface area contributed by atoms with Gasteiger partial charge in [-0.05, 0) is 12.8 Å². The van der Waals surface area contributed by atoms with Crippen LogP contribution < -0.4 is 5.32 Å². The van der Waals surface area contributed by atoms with Crippen LogP contribution in [0.1, 0.15) is 12.8 Å². The van der Waals surface area contributed by atoms with Crippen LogP contribution >= 0.6 is 0 Å². The quantitative estimate of drug-likeness (QED) is 0.705. The van der Waals surface area contributed by atoms with E-state index in [1.807, 2.05) is 0 Å². The molecule has 1 aliphatic carbocycles. The largest absolute Gasteiger partial charge is 0.401 e. The molecule has 1 amide bonds. The van der Waals surface area contributed by atoms with Crippen LogP contribution in [0.4, 0.5) is 13.2 Å². The molecule has 16 heavy (non-hydrogen) atoms. The number of rotatable bonds is 6. The summed E-state index contributed by atoms with van der Waals surface area (Å²) in [6, 6.07) is 0.193. The second-order valence-corrected chi connectivity index (χ2v) is 3.78. The molecule has 0 spiro atoms. The highest BCUT2D eigenvalue weighted by atomic mass is 19.4. The van der Waals surface area contributed by atoms with E-state index < -0.39 is 12.7 Å². The van der Waals surface area contributed by atoms with Crippen LogP contribution in [0.2, 0.25) is 0 Å². The summed E-state index contributed by atoms with van der Waals surface area (Å²) in [4.78, 5) is 13.1. The van der Waals surface area contributed by atoms with Gasteiger partial charge in [-0.15, -0.1) is 6.58 Å². The Morgan fingerprint density at radius 3 is 2.56 bits per heavy atom. The summed E-state index contributed by atoms with van der Waals surface area (Å²) in [7, 11) is 0. The predicted octanol–water partition coefficient (Wildman–Crippen LogP) is 1.32. The number of nitrogens with zero attached hydrogens (tertiary/aromatic N) is 1. The van der Waals surface area contributed by atoms with Crippen molar-refractivity contribution in [1.29, 1.82) is 0 Å². The second-order valence-electron chi connectivity index (χ2n) is 3.78. The van der Waals surface area contributed by atoms with Crippen molar-refractivity contribution in [1.82, 2.24) is 10.2 Å². The molecule has 92 valence electrons. The van der Waals surface area contributed by atoms with Gasteiger partial charge in [0, 0.05) is 12.6 Å². The smallest absolute Gasteiger partial charge is 0.335 e. The van der Waals surface area contributed by atoms with E-state index in [1.165, 1.54) is 0 Å². The maximum absolute atomic E-state index is 11.8. The Hall–Kier alpha value is -1.04. The monoisotopic (exact) mass is 236 g/mol. The molecule has 0 aromatic carbocycles. The second kappa shape index (κ2) is 5.34. The molecule has 0 heterocycles. The van der Waals surface area contributed by atoms with Gasteiger partial charge in [0.2, 0.25) is 5.91 Å². The van der Waals surface area contributed by atoms with E-state index in [-0.39, 0.29) is 18.5 Å². The first-order chi connectivity index (χ1) is 7.44. The summed E-state index contributed by atoms with van der Waals surface area (Å²) in [6.07, 6.45) is -0.833. The molecule has 1 fully saturated rings. The first-order valence-corrected chi connectivity index (χ1v) is 5.12. The minimum Gasteiger partial charge on any atom is -0.335 e. The van der Waals surface area contributed by atoms with Crippen molar-refractivity contribution in [2.75, 3.05) is 19.6 Å². The zero-order valence-electron chi connectivity index (χ0n) is 8.89. The number of carbonyl (C=O) groups excluding carboxylic acids is 1. The van der Waals surface area contributed by atoms with Crippen LogP contribution in [0.15, 0.2) is 12.7 Å². The molecular weight excluding hydrogens is 221 g/mol. The van der Waals surface area contributed by atoms with E-state index in [1.54, 1.807) is 11.0 Å². The van der Waals surface area contributed by atoms with E-state index in [0.717, 1.165) is 12.8 Å². The minimum absolute atomic E-state index is 0.193. The average Bonchev–Trinajstić information content (AvgIpc) is 2.95. The van der Waals surface area contributed by atoms with E-state index in [2.05, 4.69) is 11.9 Å². The molecule has 0 aromatic heterocycles. The highest BCUT2D eigenvalue weighted by Gasteiger charge is 2.32. The molecule has 1 aliphatic rings. The molecule has 0 atom stereocenters. The molecule has 0 aromatic rings. The van der Waals surface area contributed by atoms with Crippen molar-refractivity contribution in [3.8, 4) is 0 Å². The van der Waals surface area contributed by atoms with Crippen molar-refractivity contribution in [3.05, 3.63) is 12.7 Å².